The third kappa shape index (κ3) is 4.39. The fourth-order valence-electron chi connectivity index (χ4n) is 3.07. The minimum Gasteiger partial charge on any atom is -0.490 e. The molecule has 0 aliphatic heterocycles. The largest absolute Gasteiger partial charge is 0.490 e. The SMILES string of the molecule is CCOc1ccc(CCNC(=O)c2c(C)nc3ccc(Cl)cn23)cc1OCC. The second-order valence-electron chi connectivity index (χ2n) is 6.27. The summed E-state index contributed by atoms with van der Waals surface area (Å²) in [6.45, 7) is 7.33. The molecule has 0 saturated heterocycles. The minimum absolute atomic E-state index is 0.178. The predicted molar refractivity (Wildman–Crippen MR) is 110 cm³/mol. The molecule has 2 aromatic heterocycles. The van der Waals surface area contributed by atoms with Crippen molar-refractivity contribution in [2.24, 2.45) is 0 Å². The quantitative estimate of drug-likeness (QED) is 0.618. The summed E-state index contributed by atoms with van der Waals surface area (Å²) < 4.78 is 13.0. The second-order valence-corrected chi connectivity index (χ2v) is 6.71. The molecule has 0 saturated carbocycles. The maximum Gasteiger partial charge on any atom is 0.270 e. The van der Waals surface area contributed by atoms with Crippen molar-refractivity contribution in [2.45, 2.75) is 27.2 Å². The molecular weight excluding hydrogens is 378 g/mol. The topological polar surface area (TPSA) is 64.9 Å². The van der Waals surface area contributed by atoms with Crippen molar-refractivity contribution in [3.63, 3.8) is 0 Å². The van der Waals surface area contributed by atoms with Crippen molar-refractivity contribution in [2.75, 3.05) is 19.8 Å². The van der Waals surface area contributed by atoms with Crippen LogP contribution in [0.15, 0.2) is 36.5 Å². The lowest BCUT2D eigenvalue weighted by Crippen LogP contribution is -2.27. The number of aromatic nitrogens is 2. The van der Waals surface area contributed by atoms with E-state index in [-0.39, 0.29) is 5.91 Å². The van der Waals surface area contributed by atoms with Crippen LogP contribution in [0.4, 0.5) is 0 Å². The summed E-state index contributed by atoms with van der Waals surface area (Å²) in [7, 11) is 0. The third-order valence-electron chi connectivity index (χ3n) is 4.28. The molecule has 2 heterocycles. The van der Waals surface area contributed by atoms with E-state index >= 15 is 0 Å². The summed E-state index contributed by atoms with van der Waals surface area (Å²) in [5, 5.41) is 3.51. The third-order valence-corrected chi connectivity index (χ3v) is 4.50. The van der Waals surface area contributed by atoms with Gasteiger partial charge < -0.3 is 14.8 Å². The molecule has 6 nitrogen and oxygen atoms in total. The Kier molecular flexibility index (Phi) is 6.41. The molecule has 0 unspecified atom stereocenters. The summed E-state index contributed by atoms with van der Waals surface area (Å²) in [6, 6.07) is 9.40. The van der Waals surface area contributed by atoms with Crippen LogP contribution in [0.1, 0.15) is 35.6 Å². The Bertz CT molecular complexity index is 984. The van der Waals surface area contributed by atoms with Crippen LogP contribution >= 0.6 is 11.6 Å². The first-order valence-electron chi connectivity index (χ1n) is 9.34. The summed E-state index contributed by atoms with van der Waals surface area (Å²) in [6.07, 6.45) is 2.38. The molecule has 0 fully saturated rings. The summed E-state index contributed by atoms with van der Waals surface area (Å²) in [4.78, 5) is 17.1. The Morgan fingerprint density at radius 3 is 2.64 bits per heavy atom. The zero-order valence-electron chi connectivity index (χ0n) is 16.3. The molecule has 0 atom stereocenters. The number of benzene rings is 1. The van der Waals surface area contributed by atoms with E-state index in [1.54, 1.807) is 22.7 Å². The van der Waals surface area contributed by atoms with E-state index in [0.29, 0.717) is 48.2 Å². The van der Waals surface area contributed by atoms with Crippen LogP contribution in [0.5, 0.6) is 11.5 Å². The molecule has 148 valence electrons. The normalized spacial score (nSPS) is 10.9. The predicted octanol–water partition coefficient (Wildman–Crippen LogP) is 4.07. The highest BCUT2D eigenvalue weighted by Crippen LogP contribution is 2.28. The van der Waals surface area contributed by atoms with Crippen molar-refractivity contribution in [1.82, 2.24) is 14.7 Å². The molecule has 0 radical (unpaired) electrons. The smallest absolute Gasteiger partial charge is 0.270 e. The Morgan fingerprint density at radius 1 is 1.14 bits per heavy atom. The molecule has 3 rings (SSSR count). The number of nitrogens with zero attached hydrogens (tertiary/aromatic N) is 2. The van der Waals surface area contributed by atoms with E-state index in [4.69, 9.17) is 21.1 Å². The number of amides is 1. The van der Waals surface area contributed by atoms with Crippen LogP contribution in [-0.4, -0.2) is 35.1 Å². The zero-order valence-corrected chi connectivity index (χ0v) is 17.0. The van der Waals surface area contributed by atoms with E-state index in [1.165, 1.54) is 0 Å². The number of carbonyl (C=O) groups is 1. The molecule has 1 amide bonds. The fourth-order valence-corrected chi connectivity index (χ4v) is 3.23. The first-order valence-corrected chi connectivity index (χ1v) is 9.72. The highest BCUT2D eigenvalue weighted by atomic mass is 35.5. The molecular formula is C21H24ClN3O3. The number of pyridine rings is 1. The molecule has 3 aromatic rings. The number of aryl methyl sites for hydroxylation is 1. The number of carbonyl (C=O) groups excluding carboxylic acids is 1. The molecule has 0 spiro atoms. The molecule has 28 heavy (non-hydrogen) atoms. The first kappa shape index (κ1) is 20.0. The Balaban J connectivity index is 1.68. The van der Waals surface area contributed by atoms with Gasteiger partial charge in [0.1, 0.15) is 11.3 Å². The number of rotatable bonds is 8. The van der Waals surface area contributed by atoms with Crippen molar-refractivity contribution < 1.29 is 14.3 Å². The lowest BCUT2D eigenvalue weighted by atomic mass is 10.1. The zero-order chi connectivity index (χ0) is 20.1. The molecule has 0 aliphatic rings. The number of hydrogen-bond acceptors (Lipinski definition) is 4. The number of nitrogens with one attached hydrogen (secondary N) is 1. The van der Waals surface area contributed by atoms with Crippen molar-refractivity contribution in [3.05, 3.63) is 58.5 Å². The number of imidazole rings is 1. The van der Waals surface area contributed by atoms with Gasteiger partial charge in [-0.3, -0.25) is 9.20 Å². The second kappa shape index (κ2) is 8.97. The van der Waals surface area contributed by atoms with Crippen LogP contribution < -0.4 is 14.8 Å². The Hall–Kier alpha value is -2.73. The number of fused-ring (bicyclic) bond motifs is 1. The van der Waals surface area contributed by atoms with E-state index < -0.39 is 0 Å². The average molecular weight is 402 g/mol. The van der Waals surface area contributed by atoms with Crippen molar-refractivity contribution in [3.8, 4) is 11.5 Å². The highest BCUT2D eigenvalue weighted by molar-refractivity contribution is 6.30. The van der Waals surface area contributed by atoms with Gasteiger partial charge in [-0.1, -0.05) is 17.7 Å². The molecule has 1 aromatic carbocycles. The van der Waals surface area contributed by atoms with Crippen LogP contribution in [0, 0.1) is 6.92 Å². The van der Waals surface area contributed by atoms with Gasteiger partial charge in [-0.15, -0.1) is 0 Å². The van der Waals surface area contributed by atoms with Gasteiger partial charge >= 0.3 is 0 Å². The van der Waals surface area contributed by atoms with Gasteiger partial charge in [0.15, 0.2) is 11.5 Å². The van der Waals surface area contributed by atoms with Crippen molar-refractivity contribution >= 4 is 23.2 Å². The van der Waals surface area contributed by atoms with Crippen LogP contribution in [-0.2, 0) is 6.42 Å². The summed E-state index contributed by atoms with van der Waals surface area (Å²) in [5.74, 6) is 1.28. The average Bonchev–Trinajstić information content (AvgIpc) is 2.99. The van der Waals surface area contributed by atoms with Gasteiger partial charge in [0.05, 0.1) is 23.9 Å². The number of hydrogen-bond donors (Lipinski definition) is 1. The van der Waals surface area contributed by atoms with Gasteiger partial charge in [-0.05, 0) is 57.0 Å². The van der Waals surface area contributed by atoms with Gasteiger partial charge in [0, 0.05) is 12.7 Å². The fraction of sp³-hybridized carbons (Fsp3) is 0.333. The standard InChI is InChI=1S/C21H24ClN3O3/c1-4-27-17-8-6-15(12-18(17)28-5-2)10-11-23-21(26)20-14(3)24-19-9-7-16(22)13-25(19)20/h6-9,12-13H,4-5,10-11H2,1-3H3,(H,23,26). The van der Waals surface area contributed by atoms with E-state index in [2.05, 4.69) is 10.3 Å². The number of halogens is 1. The van der Waals surface area contributed by atoms with E-state index in [1.807, 2.05) is 39.0 Å². The molecule has 0 bridgehead atoms. The number of ether oxygens (including phenoxy) is 2. The lowest BCUT2D eigenvalue weighted by Gasteiger charge is -2.12. The van der Waals surface area contributed by atoms with E-state index in [9.17, 15) is 4.79 Å². The monoisotopic (exact) mass is 401 g/mol. The van der Waals surface area contributed by atoms with Gasteiger partial charge in [0.25, 0.3) is 5.91 Å². The molecule has 1 N–H and O–H groups in total. The highest BCUT2D eigenvalue weighted by Gasteiger charge is 2.16. The Labute approximate surface area is 169 Å². The maximum atomic E-state index is 12.7. The molecule has 0 aliphatic carbocycles. The summed E-state index contributed by atoms with van der Waals surface area (Å²) >= 11 is 6.06. The molecule has 7 heteroatoms. The lowest BCUT2D eigenvalue weighted by molar-refractivity contribution is 0.0947. The van der Waals surface area contributed by atoms with Crippen LogP contribution in [0.2, 0.25) is 5.02 Å². The Morgan fingerprint density at radius 2 is 1.89 bits per heavy atom. The van der Waals surface area contributed by atoms with Crippen LogP contribution in [0.3, 0.4) is 0 Å². The summed E-state index contributed by atoms with van der Waals surface area (Å²) in [5.41, 5.74) is 2.92. The maximum absolute atomic E-state index is 12.7. The first-order chi connectivity index (χ1) is 13.5. The van der Waals surface area contributed by atoms with Gasteiger partial charge in [-0.25, -0.2) is 4.98 Å². The van der Waals surface area contributed by atoms with Crippen molar-refractivity contribution in [1.29, 1.82) is 0 Å². The minimum atomic E-state index is -0.178. The van der Waals surface area contributed by atoms with E-state index in [0.717, 1.165) is 17.1 Å². The van der Waals surface area contributed by atoms with Crippen LogP contribution in [0.25, 0.3) is 5.65 Å². The van der Waals surface area contributed by atoms with Gasteiger partial charge in [-0.2, -0.15) is 0 Å². The van der Waals surface area contributed by atoms with Gasteiger partial charge in [0.2, 0.25) is 0 Å².